The molecular formula is C11H18N2O. The molecule has 1 N–H and O–H groups in total. The zero-order valence-electron chi connectivity index (χ0n) is 8.90. The second kappa shape index (κ2) is 3.73. The minimum atomic E-state index is -0.177. The molecule has 1 atom stereocenters. The van der Waals surface area contributed by atoms with E-state index in [9.17, 15) is 5.11 Å². The van der Waals surface area contributed by atoms with Gasteiger partial charge in [-0.05, 0) is 18.8 Å². The first-order valence-electron chi connectivity index (χ1n) is 5.38. The Labute approximate surface area is 84.8 Å². The van der Waals surface area contributed by atoms with E-state index >= 15 is 0 Å². The van der Waals surface area contributed by atoms with Crippen molar-refractivity contribution < 1.29 is 5.11 Å². The number of imidazole rings is 1. The van der Waals surface area contributed by atoms with Gasteiger partial charge in [0.15, 0.2) is 0 Å². The molecule has 2 rings (SSSR count). The number of aromatic nitrogens is 2. The topological polar surface area (TPSA) is 38.0 Å². The molecule has 0 aliphatic carbocycles. The number of rotatable bonds is 2. The summed E-state index contributed by atoms with van der Waals surface area (Å²) in [6, 6.07) is 0. The zero-order chi connectivity index (χ0) is 10.1. The van der Waals surface area contributed by atoms with Crippen molar-refractivity contribution in [2.45, 2.75) is 45.8 Å². The molecule has 0 spiro atoms. The van der Waals surface area contributed by atoms with Crippen LogP contribution in [0.1, 0.15) is 31.8 Å². The normalized spacial score (nSPS) is 21.3. The molecule has 0 bridgehead atoms. The van der Waals surface area contributed by atoms with Gasteiger partial charge < -0.3 is 9.67 Å². The highest BCUT2D eigenvalue weighted by Gasteiger charge is 2.18. The van der Waals surface area contributed by atoms with E-state index in [1.54, 1.807) is 0 Å². The number of nitrogens with zero attached hydrogens (tertiary/aromatic N) is 2. The summed E-state index contributed by atoms with van der Waals surface area (Å²) in [5, 5.41) is 9.50. The molecule has 2 heterocycles. The van der Waals surface area contributed by atoms with E-state index < -0.39 is 0 Å². The van der Waals surface area contributed by atoms with Crippen molar-refractivity contribution in [3.63, 3.8) is 0 Å². The summed E-state index contributed by atoms with van der Waals surface area (Å²) >= 11 is 0. The van der Waals surface area contributed by atoms with Gasteiger partial charge in [-0.2, -0.15) is 0 Å². The van der Waals surface area contributed by atoms with Gasteiger partial charge in [-0.1, -0.05) is 13.8 Å². The molecule has 3 nitrogen and oxygen atoms in total. The molecule has 0 aromatic carbocycles. The van der Waals surface area contributed by atoms with Crippen LogP contribution < -0.4 is 0 Å². The number of fused-ring (bicyclic) bond motifs is 1. The maximum atomic E-state index is 9.50. The molecule has 14 heavy (non-hydrogen) atoms. The van der Waals surface area contributed by atoms with Gasteiger partial charge in [0.05, 0.1) is 11.8 Å². The molecule has 0 saturated carbocycles. The Balaban J connectivity index is 2.15. The second-order valence-electron chi connectivity index (χ2n) is 4.59. The highest BCUT2D eigenvalue weighted by Crippen LogP contribution is 2.16. The molecule has 1 aromatic rings. The standard InChI is InChI=1S/C11H18N2O/c1-8(2)5-9-6-13-7-10(14)3-4-11(13)12-9/h6,8,10,14H,3-5,7H2,1-2H3. The smallest absolute Gasteiger partial charge is 0.109 e. The number of aliphatic hydroxyl groups excluding tert-OH is 1. The van der Waals surface area contributed by atoms with Crippen LogP contribution in [0.5, 0.6) is 0 Å². The third-order valence-corrected chi connectivity index (χ3v) is 2.64. The lowest BCUT2D eigenvalue weighted by atomic mass is 10.1. The highest BCUT2D eigenvalue weighted by atomic mass is 16.3. The predicted octanol–water partition coefficient (Wildman–Crippen LogP) is 1.39. The van der Waals surface area contributed by atoms with E-state index in [-0.39, 0.29) is 6.10 Å². The largest absolute Gasteiger partial charge is 0.391 e. The highest BCUT2D eigenvalue weighted by molar-refractivity contribution is 5.07. The lowest BCUT2D eigenvalue weighted by Gasteiger charge is -2.18. The minimum absolute atomic E-state index is 0.177. The van der Waals surface area contributed by atoms with E-state index in [0.29, 0.717) is 5.92 Å². The first-order valence-corrected chi connectivity index (χ1v) is 5.38. The number of aryl methyl sites for hydroxylation is 1. The Bertz CT molecular complexity index is 317. The lowest BCUT2D eigenvalue weighted by molar-refractivity contribution is 0.130. The van der Waals surface area contributed by atoms with Gasteiger partial charge >= 0.3 is 0 Å². The van der Waals surface area contributed by atoms with Gasteiger partial charge in [0, 0.05) is 19.2 Å². The molecule has 1 aliphatic rings. The quantitative estimate of drug-likeness (QED) is 0.772. The van der Waals surface area contributed by atoms with Crippen LogP contribution in [0.4, 0.5) is 0 Å². The molecule has 3 heteroatoms. The third kappa shape index (κ3) is 1.98. The Morgan fingerprint density at radius 3 is 3.14 bits per heavy atom. The monoisotopic (exact) mass is 194 g/mol. The van der Waals surface area contributed by atoms with Crippen LogP contribution in [0.2, 0.25) is 0 Å². The first-order chi connectivity index (χ1) is 6.65. The average molecular weight is 194 g/mol. The van der Waals surface area contributed by atoms with Crippen molar-refractivity contribution in [2.75, 3.05) is 0 Å². The molecular weight excluding hydrogens is 176 g/mol. The van der Waals surface area contributed by atoms with Crippen LogP contribution in [0.25, 0.3) is 0 Å². The molecule has 0 fully saturated rings. The van der Waals surface area contributed by atoms with Crippen molar-refractivity contribution in [1.82, 2.24) is 9.55 Å². The van der Waals surface area contributed by atoms with E-state index in [4.69, 9.17) is 0 Å². The minimum Gasteiger partial charge on any atom is -0.391 e. The molecule has 78 valence electrons. The predicted molar refractivity (Wildman–Crippen MR) is 55.1 cm³/mol. The maximum absolute atomic E-state index is 9.50. The fraction of sp³-hybridized carbons (Fsp3) is 0.727. The Hall–Kier alpha value is -0.830. The van der Waals surface area contributed by atoms with Crippen molar-refractivity contribution in [1.29, 1.82) is 0 Å². The fourth-order valence-corrected chi connectivity index (χ4v) is 2.00. The van der Waals surface area contributed by atoms with Crippen LogP contribution in [0.3, 0.4) is 0 Å². The van der Waals surface area contributed by atoms with Crippen molar-refractivity contribution in [3.8, 4) is 0 Å². The summed E-state index contributed by atoms with van der Waals surface area (Å²) in [7, 11) is 0. The molecule has 0 saturated heterocycles. The van der Waals surface area contributed by atoms with Crippen molar-refractivity contribution in [2.24, 2.45) is 5.92 Å². The van der Waals surface area contributed by atoms with Crippen LogP contribution in [-0.2, 0) is 19.4 Å². The van der Waals surface area contributed by atoms with Crippen LogP contribution in [0, 0.1) is 5.92 Å². The van der Waals surface area contributed by atoms with Crippen molar-refractivity contribution in [3.05, 3.63) is 17.7 Å². The molecule has 1 aliphatic heterocycles. The number of hydrogen-bond donors (Lipinski definition) is 1. The van der Waals surface area contributed by atoms with E-state index in [0.717, 1.165) is 31.6 Å². The maximum Gasteiger partial charge on any atom is 0.109 e. The molecule has 1 aromatic heterocycles. The van der Waals surface area contributed by atoms with Gasteiger partial charge in [0.2, 0.25) is 0 Å². The van der Waals surface area contributed by atoms with Crippen LogP contribution in [-0.4, -0.2) is 20.8 Å². The summed E-state index contributed by atoms with van der Waals surface area (Å²) < 4.78 is 2.10. The Kier molecular flexibility index (Phi) is 2.59. The summed E-state index contributed by atoms with van der Waals surface area (Å²) in [6.45, 7) is 5.13. The average Bonchev–Trinajstić information content (AvgIpc) is 2.44. The van der Waals surface area contributed by atoms with Gasteiger partial charge in [0.25, 0.3) is 0 Å². The van der Waals surface area contributed by atoms with Crippen molar-refractivity contribution >= 4 is 0 Å². The zero-order valence-corrected chi connectivity index (χ0v) is 8.90. The lowest BCUT2D eigenvalue weighted by Crippen LogP contribution is -2.23. The van der Waals surface area contributed by atoms with Crippen LogP contribution in [0.15, 0.2) is 6.20 Å². The molecule has 0 radical (unpaired) electrons. The number of hydrogen-bond acceptors (Lipinski definition) is 2. The summed E-state index contributed by atoms with van der Waals surface area (Å²) in [5.74, 6) is 1.79. The van der Waals surface area contributed by atoms with E-state index in [1.807, 2.05) is 0 Å². The molecule has 1 unspecified atom stereocenters. The molecule has 0 amide bonds. The SMILES string of the molecule is CC(C)Cc1cn2c(n1)CCC(O)C2. The van der Waals surface area contributed by atoms with Crippen LogP contribution >= 0.6 is 0 Å². The second-order valence-corrected chi connectivity index (χ2v) is 4.59. The van der Waals surface area contributed by atoms with Gasteiger partial charge in [0.1, 0.15) is 5.82 Å². The first kappa shape index (κ1) is 9.71. The van der Waals surface area contributed by atoms with Gasteiger partial charge in [-0.15, -0.1) is 0 Å². The van der Waals surface area contributed by atoms with E-state index in [1.165, 1.54) is 5.69 Å². The summed E-state index contributed by atoms with van der Waals surface area (Å²) in [4.78, 5) is 4.58. The van der Waals surface area contributed by atoms with Gasteiger partial charge in [-0.25, -0.2) is 4.98 Å². The summed E-state index contributed by atoms with van der Waals surface area (Å²) in [5.41, 5.74) is 1.17. The Morgan fingerprint density at radius 2 is 2.43 bits per heavy atom. The summed E-state index contributed by atoms with van der Waals surface area (Å²) in [6.07, 6.45) is 4.73. The fourth-order valence-electron chi connectivity index (χ4n) is 2.00. The Morgan fingerprint density at radius 1 is 1.64 bits per heavy atom. The van der Waals surface area contributed by atoms with E-state index in [2.05, 4.69) is 29.6 Å². The third-order valence-electron chi connectivity index (χ3n) is 2.64. The van der Waals surface area contributed by atoms with Gasteiger partial charge in [-0.3, -0.25) is 0 Å². The number of aliphatic hydroxyl groups is 1.